The topological polar surface area (TPSA) is 59.6 Å². The van der Waals surface area contributed by atoms with Crippen molar-refractivity contribution in [3.05, 3.63) is 47.5 Å². The maximum absolute atomic E-state index is 12.2. The average molecular weight is 335 g/mol. The Labute approximate surface area is 140 Å². The van der Waals surface area contributed by atoms with Gasteiger partial charge in [-0.2, -0.15) is 0 Å². The molecule has 5 nitrogen and oxygen atoms in total. The summed E-state index contributed by atoms with van der Waals surface area (Å²) in [5, 5.41) is 6.57. The maximum atomic E-state index is 12.2. The summed E-state index contributed by atoms with van der Waals surface area (Å²) >= 11 is 5.82. The number of benzene rings is 2. The van der Waals surface area contributed by atoms with Gasteiger partial charge in [-0.1, -0.05) is 11.6 Å². The first-order valence-electron chi connectivity index (χ1n) is 7.08. The molecule has 0 saturated carbocycles. The Morgan fingerprint density at radius 2 is 1.61 bits per heavy atom. The largest absolute Gasteiger partial charge is 0.493 e. The predicted molar refractivity (Wildman–Crippen MR) is 92.7 cm³/mol. The Hall–Kier alpha value is -2.40. The lowest BCUT2D eigenvalue weighted by Gasteiger charge is -2.17. The second kappa shape index (κ2) is 7.74. The number of carbonyl (C=O) groups is 1. The molecule has 0 aliphatic heterocycles. The van der Waals surface area contributed by atoms with Crippen molar-refractivity contribution in [2.24, 2.45) is 0 Å². The Morgan fingerprint density at radius 1 is 1.00 bits per heavy atom. The third kappa shape index (κ3) is 4.53. The van der Waals surface area contributed by atoms with E-state index in [0.717, 1.165) is 5.69 Å². The molecule has 1 atom stereocenters. The number of amides is 1. The molecule has 0 bridgehead atoms. The zero-order valence-electron chi connectivity index (χ0n) is 13.2. The van der Waals surface area contributed by atoms with E-state index in [9.17, 15) is 4.79 Å². The number of ether oxygens (including phenoxy) is 2. The van der Waals surface area contributed by atoms with Crippen molar-refractivity contribution < 1.29 is 14.3 Å². The van der Waals surface area contributed by atoms with Crippen molar-refractivity contribution in [3.63, 3.8) is 0 Å². The lowest BCUT2D eigenvalue weighted by Crippen LogP contribution is -2.31. The normalized spacial score (nSPS) is 11.5. The molecule has 0 aliphatic carbocycles. The highest BCUT2D eigenvalue weighted by Crippen LogP contribution is 2.30. The molecular formula is C17H19ClN2O3. The maximum Gasteiger partial charge on any atom is 0.246 e. The Morgan fingerprint density at radius 3 is 2.22 bits per heavy atom. The van der Waals surface area contributed by atoms with Gasteiger partial charge in [-0.05, 0) is 43.3 Å². The van der Waals surface area contributed by atoms with Crippen LogP contribution >= 0.6 is 11.6 Å². The van der Waals surface area contributed by atoms with Gasteiger partial charge in [0.1, 0.15) is 6.04 Å². The summed E-state index contributed by atoms with van der Waals surface area (Å²) in [4.78, 5) is 12.2. The summed E-state index contributed by atoms with van der Waals surface area (Å²) < 4.78 is 10.4. The molecule has 0 fully saturated rings. The molecule has 122 valence electrons. The SMILES string of the molecule is COc1ccc(N[C@H](C)C(=O)Nc2ccc(Cl)cc2)cc1OC. The van der Waals surface area contributed by atoms with Crippen molar-refractivity contribution in [2.75, 3.05) is 24.9 Å². The van der Waals surface area contributed by atoms with Crippen molar-refractivity contribution in [3.8, 4) is 11.5 Å². The molecule has 2 aromatic carbocycles. The van der Waals surface area contributed by atoms with Crippen LogP contribution in [-0.2, 0) is 4.79 Å². The van der Waals surface area contributed by atoms with E-state index in [1.54, 1.807) is 57.5 Å². The summed E-state index contributed by atoms with van der Waals surface area (Å²) in [6.07, 6.45) is 0. The fourth-order valence-electron chi connectivity index (χ4n) is 2.03. The van der Waals surface area contributed by atoms with Crippen molar-refractivity contribution in [1.29, 1.82) is 0 Å². The van der Waals surface area contributed by atoms with Crippen LogP contribution in [0.4, 0.5) is 11.4 Å². The van der Waals surface area contributed by atoms with E-state index in [0.29, 0.717) is 22.2 Å². The zero-order valence-corrected chi connectivity index (χ0v) is 14.0. The van der Waals surface area contributed by atoms with Crippen LogP contribution in [0.1, 0.15) is 6.92 Å². The molecule has 1 amide bonds. The number of hydrogen-bond acceptors (Lipinski definition) is 4. The Kier molecular flexibility index (Phi) is 5.71. The molecule has 23 heavy (non-hydrogen) atoms. The van der Waals surface area contributed by atoms with Crippen LogP contribution in [0.15, 0.2) is 42.5 Å². The second-order valence-electron chi connectivity index (χ2n) is 4.93. The van der Waals surface area contributed by atoms with E-state index in [1.165, 1.54) is 0 Å². The van der Waals surface area contributed by atoms with E-state index in [2.05, 4.69) is 10.6 Å². The zero-order chi connectivity index (χ0) is 16.8. The number of halogens is 1. The minimum absolute atomic E-state index is 0.151. The summed E-state index contributed by atoms with van der Waals surface area (Å²) in [5.74, 6) is 1.08. The van der Waals surface area contributed by atoms with Crippen LogP contribution in [-0.4, -0.2) is 26.2 Å². The number of hydrogen-bond donors (Lipinski definition) is 2. The minimum Gasteiger partial charge on any atom is -0.493 e. The van der Waals surface area contributed by atoms with Crippen molar-refractivity contribution in [2.45, 2.75) is 13.0 Å². The molecule has 0 spiro atoms. The molecule has 0 aliphatic rings. The van der Waals surface area contributed by atoms with Crippen LogP contribution in [0, 0.1) is 0 Å². The number of anilines is 2. The molecular weight excluding hydrogens is 316 g/mol. The Bertz CT molecular complexity index is 674. The molecule has 0 unspecified atom stereocenters. The second-order valence-corrected chi connectivity index (χ2v) is 5.37. The lowest BCUT2D eigenvalue weighted by atomic mass is 10.2. The van der Waals surface area contributed by atoms with Gasteiger partial charge < -0.3 is 20.1 Å². The molecule has 0 heterocycles. The van der Waals surface area contributed by atoms with E-state index in [1.807, 2.05) is 6.07 Å². The van der Waals surface area contributed by atoms with Gasteiger partial charge in [-0.15, -0.1) is 0 Å². The molecule has 6 heteroatoms. The summed E-state index contributed by atoms with van der Waals surface area (Å²) in [5.41, 5.74) is 1.46. The fraction of sp³-hybridized carbons (Fsp3) is 0.235. The van der Waals surface area contributed by atoms with Crippen molar-refractivity contribution in [1.82, 2.24) is 0 Å². The van der Waals surface area contributed by atoms with Gasteiger partial charge in [-0.25, -0.2) is 0 Å². The minimum atomic E-state index is -0.427. The summed E-state index contributed by atoms with van der Waals surface area (Å²) in [6.45, 7) is 1.78. The van der Waals surface area contributed by atoms with E-state index in [-0.39, 0.29) is 5.91 Å². The van der Waals surface area contributed by atoms with E-state index >= 15 is 0 Å². The number of rotatable bonds is 6. The quantitative estimate of drug-likeness (QED) is 0.843. The van der Waals surface area contributed by atoms with E-state index < -0.39 is 6.04 Å². The highest BCUT2D eigenvalue weighted by atomic mass is 35.5. The van der Waals surface area contributed by atoms with Gasteiger partial charge in [0.25, 0.3) is 0 Å². The van der Waals surface area contributed by atoms with Gasteiger partial charge in [-0.3, -0.25) is 4.79 Å². The van der Waals surface area contributed by atoms with Gasteiger partial charge in [0.05, 0.1) is 14.2 Å². The van der Waals surface area contributed by atoms with Crippen molar-refractivity contribution >= 4 is 28.9 Å². The van der Waals surface area contributed by atoms with Crippen LogP contribution < -0.4 is 20.1 Å². The highest BCUT2D eigenvalue weighted by Gasteiger charge is 2.14. The molecule has 2 rings (SSSR count). The fourth-order valence-corrected chi connectivity index (χ4v) is 2.15. The van der Waals surface area contributed by atoms with Gasteiger partial charge in [0.15, 0.2) is 11.5 Å². The van der Waals surface area contributed by atoms with Gasteiger partial charge in [0.2, 0.25) is 5.91 Å². The molecule has 0 aromatic heterocycles. The number of methoxy groups -OCH3 is 2. The summed E-state index contributed by atoms with van der Waals surface area (Å²) in [6, 6.07) is 11.9. The molecule has 2 N–H and O–H groups in total. The monoisotopic (exact) mass is 334 g/mol. The first-order chi connectivity index (χ1) is 11.0. The number of carbonyl (C=O) groups excluding carboxylic acids is 1. The lowest BCUT2D eigenvalue weighted by molar-refractivity contribution is -0.116. The molecule has 0 radical (unpaired) electrons. The first kappa shape index (κ1) is 17.0. The summed E-state index contributed by atoms with van der Waals surface area (Å²) in [7, 11) is 3.14. The first-order valence-corrected chi connectivity index (χ1v) is 7.46. The standard InChI is InChI=1S/C17H19ClN2O3/c1-11(17(21)20-13-6-4-12(18)5-7-13)19-14-8-9-15(22-2)16(10-14)23-3/h4-11,19H,1-3H3,(H,20,21)/t11-/m1/s1. The molecule has 2 aromatic rings. The van der Waals surface area contributed by atoms with Gasteiger partial charge in [0, 0.05) is 22.5 Å². The third-order valence-electron chi connectivity index (χ3n) is 3.27. The van der Waals surface area contributed by atoms with Crippen LogP contribution in [0.3, 0.4) is 0 Å². The van der Waals surface area contributed by atoms with E-state index in [4.69, 9.17) is 21.1 Å². The average Bonchev–Trinajstić information content (AvgIpc) is 2.56. The smallest absolute Gasteiger partial charge is 0.246 e. The van der Waals surface area contributed by atoms with Crippen LogP contribution in [0.2, 0.25) is 5.02 Å². The highest BCUT2D eigenvalue weighted by molar-refractivity contribution is 6.30. The Balaban J connectivity index is 2.01. The third-order valence-corrected chi connectivity index (χ3v) is 3.52. The number of nitrogens with one attached hydrogen (secondary N) is 2. The predicted octanol–water partition coefficient (Wildman–Crippen LogP) is 3.80. The van der Waals surface area contributed by atoms with Gasteiger partial charge >= 0.3 is 0 Å². The molecule has 0 saturated heterocycles. The van der Waals surface area contributed by atoms with Crippen LogP contribution in [0.5, 0.6) is 11.5 Å². The van der Waals surface area contributed by atoms with Crippen LogP contribution in [0.25, 0.3) is 0 Å².